The summed E-state index contributed by atoms with van der Waals surface area (Å²) in [6, 6.07) is 20.1. The van der Waals surface area contributed by atoms with Crippen LogP contribution >= 0.6 is 0 Å². The van der Waals surface area contributed by atoms with Gasteiger partial charge in [0.25, 0.3) is 17.4 Å². The minimum absolute atomic E-state index is 0.248. The Kier molecular flexibility index (Phi) is 5.67. The molecular weight excluding hydrogens is 408 g/mol. The number of fused-ring (bicyclic) bond motifs is 1. The van der Waals surface area contributed by atoms with E-state index in [1.165, 1.54) is 18.2 Å². The fraction of sp³-hybridized carbons (Fsp3) is 0.0833. The summed E-state index contributed by atoms with van der Waals surface area (Å²) in [5.74, 6) is -0.753. The molecule has 0 bridgehead atoms. The van der Waals surface area contributed by atoms with Crippen LogP contribution in [0.15, 0.2) is 82.4 Å². The van der Waals surface area contributed by atoms with Crippen LogP contribution in [0.25, 0.3) is 10.9 Å². The molecule has 0 atom stereocenters. The molecule has 2 amide bonds. The van der Waals surface area contributed by atoms with Gasteiger partial charge in [0.05, 0.1) is 22.3 Å². The van der Waals surface area contributed by atoms with E-state index in [1.54, 1.807) is 55.5 Å². The molecule has 32 heavy (non-hydrogen) atoms. The Morgan fingerprint density at radius 3 is 2.03 bits per heavy atom. The molecule has 4 aromatic rings. The van der Waals surface area contributed by atoms with E-state index < -0.39 is 17.2 Å². The largest absolute Gasteiger partial charge is 0.328 e. The first kappa shape index (κ1) is 20.8. The second kappa shape index (κ2) is 8.73. The van der Waals surface area contributed by atoms with Gasteiger partial charge >= 0.3 is 5.69 Å². The number of hydrogen-bond acceptors (Lipinski definition) is 4. The molecule has 1 heterocycles. The van der Waals surface area contributed by atoms with E-state index in [4.69, 9.17) is 0 Å². The Labute approximate surface area is 182 Å². The first-order valence-corrected chi connectivity index (χ1v) is 10.0. The minimum Gasteiger partial charge on any atom is -0.320 e. The zero-order chi connectivity index (χ0) is 22.7. The van der Waals surface area contributed by atoms with Crippen molar-refractivity contribution in [3.05, 3.63) is 105 Å². The number of para-hydroxylation sites is 2. The normalized spacial score (nSPS) is 10.7. The molecule has 3 aromatic carbocycles. The zero-order valence-electron chi connectivity index (χ0n) is 17.2. The monoisotopic (exact) mass is 428 g/mol. The molecule has 0 spiro atoms. The predicted octanol–water partition coefficient (Wildman–Crippen LogP) is 3.21. The van der Waals surface area contributed by atoms with Crippen molar-refractivity contribution in [1.29, 1.82) is 0 Å². The van der Waals surface area contributed by atoms with Crippen molar-refractivity contribution in [2.45, 2.75) is 13.5 Å². The van der Waals surface area contributed by atoms with Gasteiger partial charge in [0.1, 0.15) is 0 Å². The number of carbonyl (C=O) groups excluding carboxylic acids is 2. The highest BCUT2D eigenvalue weighted by Gasteiger charge is 2.14. The number of carbonyl (C=O) groups is 2. The maximum absolute atomic E-state index is 12.9. The van der Waals surface area contributed by atoms with E-state index in [0.29, 0.717) is 22.3 Å². The minimum atomic E-state index is -0.531. The number of anilines is 2. The van der Waals surface area contributed by atoms with Crippen LogP contribution in [-0.4, -0.2) is 21.4 Å². The number of hydrogen-bond donors (Lipinski definition) is 3. The number of benzene rings is 3. The van der Waals surface area contributed by atoms with Crippen molar-refractivity contribution in [3.63, 3.8) is 0 Å². The number of H-pyrrole nitrogens is 1. The zero-order valence-corrected chi connectivity index (χ0v) is 17.2. The topological polar surface area (TPSA) is 113 Å². The summed E-state index contributed by atoms with van der Waals surface area (Å²) >= 11 is 0. The standard InChI is InChI=1S/C24H20N4O4/c1-2-28-23(31)17-13-12-16(14-20(17)27-24(28)32)22(30)26-19-11-7-6-10-18(19)25-21(29)15-8-4-3-5-9-15/h3-14H,2H2,1H3,(H,25,29)(H,26,30)(H,27,32). The number of rotatable bonds is 5. The number of aromatic amines is 1. The third-order valence-corrected chi connectivity index (χ3v) is 5.02. The first-order chi connectivity index (χ1) is 15.5. The summed E-state index contributed by atoms with van der Waals surface area (Å²) in [4.78, 5) is 52.5. The molecule has 0 aliphatic heterocycles. The summed E-state index contributed by atoms with van der Waals surface area (Å²) in [5, 5.41) is 5.88. The van der Waals surface area contributed by atoms with E-state index in [0.717, 1.165) is 4.57 Å². The smallest absolute Gasteiger partial charge is 0.320 e. The third kappa shape index (κ3) is 4.06. The Balaban J connectivity index is 1.61. The Morgan fingerprint density at radius 1 is 0.812 bits per heavy atom. The van der Waals surface area contributed by atoms with Gasteiger partial charge in [-0.2, -0.15) is 0 Å². The van der Waals surface area contributed by atoms with Crippen molar-refractivity contribution >= 4 is 34.1 Å². The Bertz CT molecular complexity index is 1440. The van der Waals surface area contributed by atoms with Crippen molar-refractivity contribution in [3.8, 4) is 0 Å². The molecule has 0 unspecified atom stereocenters. The van der Waals surface area contributed by atoms with Gasteiger partial charge in [-0.15, -0.1) is 0 Å². The van der Waals surface area contributed by atoms with Gasteiger partial charge in [0.15, 0.2) is 0 Å². The quantitative estimate of drug-likeness (QED) is 0.453. The summed E-state index contributed by atoms with van der Waals surface area (Å²) in [7, 11) is 0. The molecule has 8 heteroatoms. The highest BCUT2D eigenvalue weighted by Crippen LogP contribution is 2.23. The lowest BCUT2D eigenvalue weighted by molar-refractivity contribution is 0.101. The van der Waals surface area contributed by atoms with Gasteiger partial charge in [0.2, 0.25) is 0 Å². The fourth-order valence-electron chi connectivity index (χ4n) is 3.36. The SMILES string of the molecule is CCn1c(=O)[nH]c2cc(C(=O)Nc3ccccc3NC(=O)c3ccccc3)ccc2c1=O. The molecule has 0 saturated carbocycles. The average molecular weight is 428 g/mol. The second-order valence-corrected chi connectivity index (χ2v) is 7.06. The summed E-state index contributed by atoms with van der Waals surface area (Å²) in [6.45, 7) is 1.95. The van der Waals surface area contributed by atoms with E-state index in [9.17, 15) is 19.2 Å². The second-order valence-electron chi connectivity index (χ2n) is 7.06. The number of nitrogens with zero attached hydrogens (tertiary/aromatic N) is 1. The average Bonchev–Trinajstić information content (AvgIpc) is 2.80. The summed E-state index contributed by atoms with van der Waals surface area (Å²) in [5.41, 5.74) is 0.939. The lowest BCUT2D eigenvalue weighted by atomic mass is 10.1. The molecule has 3 N–H and O–H groups in total. The van der Waals surface area contributed by atoms with Gasteiger partial charge < -0.3 is 15.6 Å². The van der Waals surface area contributed by atoms with Crippen molar-refractivity contribution in [2.75, 3.05) is 10.6 Å². The van der Waals surface area contributed by atoms with Crippen LogP contribution in [0.2, 0.25) is 0 Å². The van der Waals surface area contributed by atoms with E-state index in [1.807, 2.05) is 6.07 Å². The maximum atomic E-state index is 12.9. The molecule has 0 aliphatic rings. The number of aromatic nitrogens is 2. The highest BCUT2D eigenvalue weighted by atomic mass is 16.2. The number of nitrogens with one attached hydrogen (secondary N) is 3. The van der Waals surface area contributed by atoms with Gasteiger partial charge in [0, 0.05) is 17.7 Å². The van der Waals surface area contributed by atoms with Gasteiger partial charge in [-0.05, 0) is 49.4 Å². The van der Waals surface area contributed by atoms with Crippen molar-refractivity contribution in [2.24, 2.45) is 0 Å². The number of amides is 2. The fourth-order valence-corrected chi connectivity index (χ4v) is 3.36. The van der Waals surface area contributed by atoms with Crippen LogP contribution in [0.1, 0.15) is 27.6 Å². The Hall–Kier alpha value is -4.46. The van der Waals surface area contributed by atoms with Gasteiger partial charge in [-0.1, -0.05) is 30.3 Å². The molecule has 160 valence electrons. The summed E-state index contributed by atoms with van der Waals surface area (Å²) in [6.07, 6.45) is 0. The van der Waals surface area contributed by atoms with Crippen LogP contribution in [0.5, 0.6) is 0 Å². The maximum Gasteiger partial charge on any atom is 0.328 e. The molecular formula is C24H20N4O4. The van der Waals surface area contributed by atoms with E-state index in [-0.39, 0.29) is 23.5 Å². The molecule has 0 aliphatic carbocycles. The van der Waals surface area contributed by atoms with Crippen LogP contribution in [-0.2, 0) is 6.54 Å². The first-order valence-electron chi connectivity index (χ1n) is 10.0. The van der Waals surface area contributed by atoms with E-state index >= 15 is 0 Å². The predicted molar refractivity (Wildman–Crippen MR) is 123 cm³/mol. The highest BCUT2D eigenvalue weighted by molar-refractivity contribution is 6.10. The van der Waals surface area contributed by atoms with Crippen molar-refractivity contribution < 1.29 is 9.59 Å². The van der Waals surface area contributed by atoms with Gasteiger partial charge in [-0.25, -0.2) is 4.79 Å². The molecule has 4 rings (SSSR count). The Morgan fingerprint density at radius 2 is 1.41 bits per heavy atom. The van der Waals surface area contributed by atoms with Gasteiger partial charge in [-0.3, -0.25) is 19.0 Å². The third-order valence-electron chi connectivity index (χ3n) is 5.02. The van der Waals surface area contributed by atoms with Crippen LogP contribution in [0.3, 0.4) is 0 Å². The van der Waals surface area contributed by atoms with Crippen LogP contribution < -0.4 is 21.9 Å². The molecule has 0 fully saturated rings. The van der Waals surface area contributed by atoms with Crippen LogP contribution in [0, 0.1) is 0 Å². The lowest BCUT2D eigenvalue weighted by Crippen LogP contribution is -2.34. The lowest BCUT2D eigenvalue weighted by Gasteiger charge is -2.13. The molecule has 0 radical (unpaired) electrons. The molecule has 0 saturated heterocycles. The summed E-state index contributed by atoms with van der Waals surface area (Å²) < 4.78 is 1.09. The van der Waals surface area contributed by atoms with Crippen molar-refractivity contribution in [1.82, 2.24) is 9.55 Å². The van der Waals surface area contributed by atoms with E-state index in [2.05, 4.69) is 15.6 Å². The molecule has 1 aromatic heterocycles. The molecule has 8 nitrogen and oxygen atoms in total. The van der Waals surface area contributed by atoms with Crippen LogP contribution in [0.4, 0.5) is 11.4 Å².